The fraction of sp³-hybridized carbons (Fsp3) is 0.500. The van der Waals surface area contributed by atoms with Crippen LogP contribution in [-0.4, -0.2) is 48.3 Å². The highest BCUT2D eigenvalue weighted by Gasteiger charge is 2.48. The van der Waals surface area contributed by atoms with Gasteiger partial charge < -0.3 is 19.5 Å². The van der Waals surface area contributed by atoms with Crippen LogP contribution in [0.2, 0.25) is 0 Å². The number of carbonyl (C=O) groups excluding carboxylic acids is 3. The first kappa shape index (κ1) is 18.0. The Kier molecular flexibility index (Phi) is 5.01. The van der Waals surface area contributed by atoms with E-state index in [0.29, 0.717) is 11.5 Å². The number of benzene rings is 1. The van der Waals surface area contributed by atoms with Gasteiger partial charge in [0.2, 0.25) is 6.79 Å². The number of hydrogen-bond acceptors (Lipinski definition) is 6. The molecular weight excluding hydrogens is 340 g/mol. The van der Waals surface area contributed by atoms with E-state index in [1.54, 1.807) is 19.1 Å². The monoisotopic (exact) mass is 362 g/mol. The van der Waals surface area contributed by atoms with E-state index in [9.17, 15) is 14.4 Å². The molecule has 8 nitrogen and oxygen atoms in total. The van der Waals surface area contributed by atoms with Gasteiger partial charge >= 0.3 is 12.0 Å². The Morgan fingerprint density at radius 3 is 2.85 bits per heavy atom. The Morgan fingerprint density at radius 1 is 1.31 bits per heavy atom. The molecule has 1 N–H and O–H groups in total. The fourth-order valence-electron chi connectivity index (χ4n) is 2.97. The van der Waals surface area contributed by atoms with Gasteiger partial charge in [-0.05, 0) is 31.0 Å². The minimum Gasteiger partial charge on any atom is -0.464 e. The summed E-state index contributed by atoms with van der Waals surface area (Å²) in [4.78, 5) is 37.6. The summed E-state index contributed by atoms with van der Waals surface area (Å²) in [5, 5.41) is 2.68. The Hall–Kier alpha value is -2.77. The summed E-state index contributed by atoms with van der Waals surface area (Å²) >= 11 is 0. The first-order valence-corrected chi connectivity index (χ1v) is 8.61. The van der Waals surface area contributed by atoms with Gasteiger partial charge in [0.1, 0.15) is 12.1 Å². The average molecular weight is 362 g/mol. The highest BCUT2D eigenvalue weighted by atomic mass is 16.7. The molecule has 1 fully saturated rings. The summed E-state index contributed by atoms with van der Waals surface area (Å²) in [6.07, 6.45) is 1.91. The van der Waals surface area contributed by atoms with Crippen molar-refractivity contribution in [3.63, 3.8) is 0 Å². The second kappa shape index (κ2) is 7.23. The number of amides is 3. The van der Waals surface area contributed by atoms with Gasteiger partial charge in [-0.15, -0.1) is 0 Å². The number of hydrogen-bond donors (Lipinski definition) is 1. The Balaban J connectivity index is 1.66. The van der Waals surface area contributed by atoms with Gasteiger partial charge in [0, 0.05) is 6.42 Å². The van der Waals surface area contributed by atoms with Crippen LogP contribution in [0.1, 0.15) is 32.3 Å². The van der Waals surface area contributed by atoms with Crippen LogP contribution in [0.15, 0.2) is 18.2 Å². The van der Waals surface area contributed by atoms with Gasteiger partial charge in [0.25, 0.3) is 5.91 Å². The van der Waals surface area contributed by atoms with E-state index in [1.807, 2.05) is 13.0 Å². The van der Waals surface area contributed by atoms with Crippen molar-refractivity contribution in [3.8, 4) is 11.5 Å². The van der Waals surface area contributed by atoms with Crippen molar-refractivity contribution >= 4 is 17.9 Å². The molecule has 26 heavy (non-hydrogen) atoms. The maximum absolute atomic E-state index is 12.7. The third-order valence-electron chi connectivity index (χ3n) is 4.39. The summed E-state index contributed by atoms with van der Waals surface area (Å²) in [6.45, 7) is 3.69. The van der Waals surface area contributed by atoms with Crippen molar-refractivity contribution in [3.05, 3.63) is 23.8 Å². The predicted molar refractivity (Wildman–Crippen MR) is 90.8 cm³/mol. The quantitative estimate of drug-likeness (QED) is 0.450. The molecule has 1 aromatic carbocycles. The number of imide groups is 1. The van der Waals surface area contributed by atoms with Crippen LogP contribution in [0.3, 0.4) is 0 Å². The average Bonchev–Trinajstić information content (AvgIpc) is 3.13. The molecule has 2 heterocycles. The summed E-state index contributed by atoms with van der Waals surface area (Å²) in [5.74, 6) is 0.221. The van der Waals surface area contributed by atoms with Gasteiger partial charge in [-0.1, -0.05) is 19.4 Å². The van der Waals surface area contributed by atoms with Crippen molar-refractivity contribution < 1.29 is 28.6 Å². The molecule has 2 aliphatic rings. The SMILES string of the molecule is CCCCOC(=O)CN1C(=O)N[C@@](C)(Cc2ccc3c(c2)OCO3)C1=O. The van der Waals surface area contributed by atoms with Gasteiger partial charge in [-0.25, -0.2) is 4.79 Å². The number of unbranched alkanes of at least 4 members (excludes halogenated alkanes) is 1. The molecule has 0 saturated carbocycles. The number of rotatable bonds is 7. The van der Waals surface area contributed by atoms with Crippen LogP contribution in [-0.2, 0) is 20.7 Å². The molecule has 0 spiro atoms. The molecule has 140 valence electrons. The second-order valence-corrected chi connectivity index (χ2v) is 6.59. The van der Waals surface area contributed by atoms with Crippen LogP contribution < -0.4 is 14.8 Å². The van der Waals surface area contributed by atoms with Gasteiger partial charge in [0.15, 0.2) is 11.5 Å². The molecule has 3 amide bonds. The third kappa shape index (κ3) is 3.58. The summed E-state index contributed by atoms with van der Waals surface area (Å²) in [6, 6.07) is 4.78. The molecule has 1 aromatic rings. The number of esters is 1. The molecule has 0 radical (unpaired) electrons. The lowest BCUT2D eigenvalue weighted by Crippen LogP contribution is -2.46. The molecular formula is C18H22N2O6. The van der Waals surface area contributed by atoms with Gasteiger partial charge in [-0.2, -0.15) is 0 Å². The zero-order valence-corrected chi connectivity index (χ0v) is 14.9. The molecule has 8 heteroatoms. The van der Waals surface area contributed by atoms with Crippen LogP contribution in [0, 0.1) is 0 Å². The summed E-state index contributed by atoms with van der Waals surface area (Å²) in [7, 11) is 0. The molecule has 3 rings (SSSR count). The molecule has 0 aromatic heterocycles. The Bertz CT molecular complexity index is 734. The second-order valence-electron chi connectivity index (χ2n) is 6.59. The number of fused-ring (bicyclic) bond motifs is 1. The standard InChI is InChI=1S/C18H22N2O6/c1-3-4-7-24-15(21)10-20-16(22)18(2,19-17(20)23)9-12-5-6-13-14(8-12)26-11-25-13/h5-6,8H,3-4,7,9-11H2,1-2H3,(H,19,23)/t18-/m0/s1. The predicted octanol–water partition coefficient (Wildman–Crippen LogP) is 1.61. The first-order valence-electron chi connectivity index (χ1n) is 8.61. The zero-order chi connectivity index (χ0) is 18.7. The lowest BCUT2D eigenvalue weighted by molar-refractivity contribution is -0.147. The van der Waals surface area contributed by atoms with E-state index in [0.717, 1.165) is 23.3 Å². The lowest BCUT2D eigenvalue weighted by atomic mass is 9.92. The molecule has 0 aliphatic carbocycles. The molecule has 0 unspecified atom stereocenters. The van der Waals surface area contributed by atoms with Gasteiger partial charge in [-0.3, -0.25) is 14.5 Å². The first-order chi connectivity index (χ1) is 12.4. The lowest BCUT2D eigenvalue weighted by Gasteiger charge is -2.21. The minimum atomic E-state index is -1.13. The third-order valence-corrected chi connectivity index (χ3v) is 4.39. The maximum atomic E-state index is 12.7. The van der Waals surface area contributed by atoms with Crippen LogP contribution in [0.5, 0.6) is 11.5 Å². The normalized spacial score (nSPS) is 21.1. The molecule has 1 saturated heterocycles. The molecule has 0 bridgehead atoms. The van der Waals surface area contributed by atoms with E-state index in [1.165, 1.54) is 0 Å². The topological polar surface area (TPSA) is 94.2 Å². The highest BCUT2D eigenvalue weighted by molar-refractivity contribution is 6.08. The van der Waals surface area contributed by atoms with Crippen LogP contribution in [0.4, 0.5) is 4.79 Å². The van der Waals surface area contributed by atoms with E-state index in [2.05, 4.69) is 5.32 Å². The smallest absolute Gasteiger partial charge is 0.326 e. The molecule has 2 aliphatic heterocycles. The fourth-order valence-corrected chi connectivity index (χ4v) is 2.97. The van der Waals surface area contributed by atoms with Gasteiger partial charge in [0.05, 0.1) is 6.61 Å². The Labute approximate surface area is 151 Å². The summed E-state index contributed by atoms with van der Waals surface area (Å²) in [5.41, 5.74) is -0.313. The largest absolute Gasteiger partial charge is 0.464 e. The van der Waals surface area contributed by atoms with Crippen molar-refractivity contribution in [2.75, 3.05) is 19.9 Å². The van der Waals surface area contributed by atoms with Crippen molar-refractivity contribution in [1.29, 1.82) is 0 Å². The van der Waals surface area contributed by atoms with Crippen molar-refractivity contribution in [2.45, 2.75) is 38.6 Å². The number of nitrogens with zero attached hydrogens (tertiary/aromatic N) is 1. The summed E-state index contributed by atoms with van der Waals surface area (Å²) < 4.78 is 15.6. The maximum Gasteiger partial charge on any atom is 0.326 e. The van der Waals surface area contributed by atoms with Crippen LogP contribution in [0.25, 0.3) is 0 Å². The zero-order valence-electron chi connectivity index (χ0n) is 14.9. The molecule has 1 atom stereocenters. The number of ether oxygens (including phenoxy) is 3. The number of nitrogens with one attached hydrogen (secondary N) is 1. The van der Waals surface area contributed by atoms with E-state index in [4.69, 9.17) is 14.2 Å². The van der Waals surface area contributed by atoms with Crippen molar-refractivity contribution in [2.24, 2.45) is 0 Å². The number of carbonyl (C=O) groups is 3. The minimum absolute atomic E-state index is 0.166. The Morgan fingerprint density at radius 2 is 2.08 bits per heavy atom. The number of urea groups is 1. The van der Waals surface area contributed by atoms with E-state index >= 15 is 0 Å². The van der Waals surface area contributed by atoms with E-state index < -0.39 is 23.4 Å². The van der Waals surface area contributed by atoms with E-state index in [-0.39, 0.29) is 26.4 Å². The van der Waals surface area contributed by atoms with Crippen LogP contribution >= 0.6 is 0 Å². The van der Waals surface area contributed by atoms with Crippen molar-refractivity contribution in [1.82, 2.24) is 10.2 Å². The highest BCUT2D eigenvalue weighted by Crippen LogP contribution is 2.34.